The lowest BCUT2D eigenvalue weighted by Crippen LogP contribution is -2.17. The van der Waals surface area contributed by atoms with Crippen LogP contribution < -0.4 is 19.5 Å². The third kappa shape index (κ3) is 4.55. The van der Waals surface area contributed by atoms with Crippen molar-refractivity contribution in [3.8, 4) is 17.2 Å². The van der Waals surface area contributed by atoms with Gasteiger partial charge in [0.2, 0.25) is 0 Å². The van der Waals surface area contributed by atoms with Gasteiger partial charge in [-0.2, -0.15) is 0 Å². The molecule has 0 aromatic heterocycles. The molecule has 0 heterocycles. The molecule has 0 aliphatic carbocycles. The smallest absolute Gasteiger partial charge is 0.497 e. The lowest BCUT2D eigenvalue weighted by molar-refractivity contribution is -0.274. The van der Waals surface area contributed by atoms with Crippen LogP contribution in [0.1, 0.15) is 10.4 Å². The van der Waals surface area contributed by atoms with E-state index in [1.807, 2.05) is 0 Å². The molecule has 8 heteroatoms. The van der Waals surface area contributed by atoms with Gasteiger partial charge in [-0.1, -0.05) is 6.07 Å². The molecule has 0 aliphatic heterocycles. The molecule has 0 fully saturated rings. The van der Waals surface area contributed by atoms with Gasteiger partial charge in [0, 0.05) is 17.8 Å². The van der Waals surface area contributed by atoms with E-state index < -0.39 is 18.0 Å². The Morgan fingerprint density at radius 3 is 2.38 bits per heavy atom. The number of benzene rings is 2. The molecule has 1 N–H and O–H groups in total. The van der Waals surface area contributed by atoms with E-state index in [0.29, 0.717) is 5.75 Å². The van der Waals surface area contributed by atoms with E-state index in [-0.39, 0.29) is 17.0 Å². The minimum Gasteiger partial charge on any atom is -0.497 e. The molecule has 0 saturated heterocycles. The highest BCUT2D eigenvalue weighted by molar-refractivity contribution is 6.06. The molecule has 0 spiro atoms. The van der Waals surface area contributed by atoms with Crippen LogP contribution in [-0.4, -0.2) is 26.5 Å². The fourth-order valence-corrected chi connectivity index (χ4v) is 1.96. The van der Waals surface area contributed by atoms with Crippen molar-refractivity contribution in [2.45, 2.75) is 6.36 Å². The Hall–Kier alpha value is -2.90. The highest BCUT2D eigenvalue weighted by atomic mass is 19.4. The quantitative estimate of drug-likeness (QED) is 0.897. The number of alkyl halides is 3. The Labute approximate surface area is 135 Å². The summed E-state index contributed by atoms with van der Waals surface area (Å²) in [6, 6.07) is 9.57. The molecule has 5 nitrogen and oxygen atoms in total. The minimum absolute atomic E-state index is 0.152. The molecule has 2 rings (SSSR count). The fraction of sp³-hybridized carbons (Fsp3) is 0.188. The Bertz CT molecular complexity index is 732. The van der Waals surface area contributed by atoms with Crippen LogP contribution in [0.3, 0.4) is 0 Å². The van der Waals surface area contributed by atoms with Crippen molar-refractivity contribution in [3.63, 3.8) is 0 Å². The molecule has 24 heavy (non-hydrogen) atoms. The van der Waals surface area contributed by atoms with E-state index in [4.69, 9.17) is 9.47 Å². The number of ether oxygens (including phenoxy) is 3. The van der Waals surface area contributed by atoms with Crippen LogP contribution in [0, 0.1) is 0 Å². The summed E-state index contributed by atoms with van der Waals surface area (Å²) in [5.74, 6) is -0.195. The van der Waals surface area contributed by atoms with Gasteiger partial charge < -0.3 is 19.5 Å². The number of nitrogens with one attached hydrogen (secondary N) is 1. The first-order valence-electron chi connectivity index (χ1n) is 6.71. The van der Waals surface area contributed by atoms with Crippen molar-refractivity contribution >= 4 is 11.6 Å². The summed E-state index contributed by atoms with van der Waals surface area (Å²) >= 11 is 0. The summed E-state index contributed by atoms with van der Waals surface area (Å²) < 4.78 is 50.7. The zero-order chi connectivity index (χ0) is 17.7. The molecule has 1 amide bonds. The predicted molar refractivity (Wildman–Crippen MR) is 80.6 cm³/mol. The average Bonchev–Trinajstić information content (AvgIpc) is 2.52. The predicted octanol–water partition coefficient (Wildman–Crippen LogP) is 3.85. The average molecular weight is 341 g/mol. The van der Waals surface area contributed by atoms with Gasteiger partial charge in [-0.15, -0.1) is 13.2 Å². The molecule has 0 atom stereocenters. The molecular weight excluding hydrogens is 327 g/mol. The largest absolute Gasteiger partial charge is 0.573 e. The van der Waals surface area contributed by atoms with Gasteiger partial charge in [-0.3, -0.25) is 4.79 Å². The van der Waals surface area contributed by atoms with Crippen molar-refractivity contribution in [1.29, 1.82) is 0 Å². The van der Waals surface area contributed by atoms with Gasteiger partial charge >= 0.3 is 6.36 Å². The highest BCUT2D eigenvalue weighted by Crippen LogP contribution is 2.27. The van der Waals surface area contributed by atoms with Gasteiger partial charge in [-0.25, -0.2) is 0 Å². The van der Waals surface area contributed by atoms with Crippen LogP contribution in [0.25, 0.3) is 0 Å². The number of amides is 1. The summed E-state index contributed by atoms with van der Waals surface area (Å²) in [7, 11) is 2.87. The number of rotatable bonds is 5. The number of hydrogen-bond donors (Lipinski definition) is 1. The van der Waals surface area contributed by atoms with Crippen molar-refractivity contribution in [2.24, 2.45) is 0 Å². The first-order valence-corrected chi connectivity index (χ1v) is 6.71. The van der Waals surface area contributed by atoms with Crippen LogP contribution in [0.15, 0.2) is 42.5 Å². The Morgan fingerprint density at radius 2 is 1.75 bits per heavy atom. The van der Waals surface area contributed by atoms with Crippen LogP contribution in [0.4, 0.5) is 18.9 Å². The normalized spacial score (nSPS) is 10.9. The molecule has 0 radical (unpaired) electrons. The second kappa shape index (κ2) is 7.12. The monoisotopic (exact) mass is 341 g/mol. The zero-order valence-electron chi connectivity index (χ0n) is 12.8. The molecule has 2 aromatic carbocycles. The van der Waals surface area contributed by atoms with Crippen molar-refractivity contribution in [3.05, 3.63) is 48.0 Å². The molecule has 0 saturated carbocycles. The molecule has 0 unspecified atom stereocenters. The SMILES string of the molecule is COc1ccc(C(=O)Nc2cccc(OC(F)(F)F)c2)c(OC)c1. The van der Waals surface area contributed by atoms with Gasteiger partial charge in [0.05, 0.1) is 19.8 Å². The number of hydrogen-bond acceptors (Lipinski definition) is 4. The summed E-state index contributed by atoms with van der Waals surface area (Å²) in [6.45, 7) is 0. The zero-order valence-corrected chi connectivity index (χ0v) is 12.8. The maximum atomic E-state index is 12.3. The van der Waals surface area contributed by atoms with Crippen LogP contribution in [0.2, 0.25) is 0 Å². The van der Waals surface area contributed by atoms with E-state index >= 15 is 0 Å². The summed E-state index contributed by atoms with van der Waals surface area (Å²) in [4.78, 5) is 12.3. The minimum atomic E-state index is -4.80. The number of anilines is 1. The summed E-state index contributed by atoms with van der Waals surface area (Å²) in [6.07, 6.45) is -4.80. The van der Waals surface area contributed by atoms with Crippen molar-refractivity contribution in [2.75, 3.05) is 19.5 Å². The van der Waals surface area contributed by atoms with E-state index in [9.17, 15) is 18.0 Å². The first kappa shape index (κ1) is 17.5. The molecule has 0 bridgehead atoms. The maximum absolute atomic E-state index is 12.3. The lowest BCUT2D eigenvalue weighted by atomic mass is 10.1. The van der Waals surface area contributed by atoms with E-state index in [2.05, 4.69) is 10.1 Å². The second-order valence-electron chi connectivity index (χ2n) is 4.60. The van der Waals surface area contributed by atoms with E-state index in [1.54, 1.807) is 6.07 Å². The van der Waals surface area contributed by atoms with Gasteiger partial charge in [0.15, 0.2) is 0 Å². The maximum Gasteiger partial charge on any atom is 0.573 e. The Kier molecular flexibility index (Phi) is 5.18. The molecule has 128 valence electrons. The van der Waals surface area contributed by atoms with E-state index in [0.717, 1.165) is 12.1 Å². The van der Waals surface area contributed by atoms with Gasteiger partial charge in [0.25, 0.3) is 5.91 Å². The fourth-order valence-electron chi connectivity index (χ4n) is 1.96. The summed E-state index contributed by atoms with van der Waals surface area (Å²) in [5, 5.41) is 2.49. The van der Waals surface area contributed by atoms with Crippen LogP contribution in [-0.2, 0) is 0 Å². The second-order valence-corrected chi connectivity index (χ2v) is 4.60. The first-order chi connectivity index (χ1) is 11.3. The Balaban J connectivity index is 2.19. The van der Waals surface area contributed by atoms with Gasteiger partial charge in [0.1, 0.15) is 17.2 Å². The third-order valence-electron chi connectivity index (χ3n) is 2.98. The third-order valence-corrected chi connectivity index (χ3v) is 2.98. The number of methoxy groups -OCH3 is 2. The molecular formula is C16H14F3NO4. The van der Waals surface area contributed by atoms with Gasteiger partial charge in [-0.05, 0) is 24.3 Å². The van der Waals surface area contributed by atoms with Crippen LogP contribution in [0.5, 0.6) is 17.2 Å². The van der Waals surface area contributed by atoms with Crippen molar-refractivity contribution < 1.29 is 32.2 Å². The molecule has 2 aromatic rings. The highest BCUT2D eigenvalue weighted by Gasteiger charge is 2.31. The van der Waals surface area contributed by atoms with Crippen molar-refractivity contribution in [1.82, 2.24) is 0 Å². The molecule has 0 aliphatic rings. The Morgan fingerprint density at radius 1 is 1.00 bits per heavy atom. The lowest BCUT2D eigenvalue weighted by Gasteiger charge is -2.12. The van der Waals surface area contributed by atoms with E-state index in [1.165, 1.54) is 38.5 Å². The number of carbonyl (C=O) groups excluding carboxylic acids is 1. The summed E-state index contributed by atoms with van der Waals surface area (Å²) in [5.41, 5.74) is 0.361. The standard InChI is InChI=1S/C16H14F3NO4/c1-22-11-6-7-13(14(9-11)23-2)15(21)20-10-4-3-5-12(8-10)24-16(17,18)19/h3-9H,1-2H3,(H,20,21). The van der Waals surface area contributed by atoms with Crippen LogP contribution >= 0.6 is 0 Å². The number of halogens is 3. The number of carbonyl (C=O) groups is 1. The topological polar surface area (TPSA) is 56.8 Å².